The Labute approximate surface area is 170 Å². The van der Waals surface area contributed by atoms with E-state index in [0.717, 1.165) is 6.20 Å². The lowest BCUT2D eigenvalue weighted by Gasteiger charge is -2.12. The van der Waals surface area contributed by atoms with Crippen LogP contribution in [0.3, 0.4) is 0 Å². The zero-order valence-corrected chi connectivity index (χ0v) is 17.4. The third-order valence-corrected chi connectivity index (χ3v) is 8.34. The summed E-state index contributed by atoms with van der Waals surface area (Å²) in [5, 5.41) is 2.71. The number of nitrogens with one attached hydrogen (secondary N) is 1. The quantitative estimate of drug-likeness (QED) is 0.641. The molecular weight excluding hydrogens is 410 g/mol. The molecule has 0 saturated carbocycles. The lowest BCUT2D eigenvalue weighted by molar-refractivity contribution is 0.595. The van der Waals surface area contributed by atoms with Crippen molar-refractivity contribution in [3.63, 3.8) is 0 Å². The van der Waals surface area contributed by atoms with Gasteiger partial charge in [-0.2, -0.15) is 0 Å². The van der Waals surface area contributed by atoms with Gasteiger partial charge in [-0.15, -0.1) is 0 Å². The number of nitrogens with zero attached hydrogens (tertiary/aromatic N) is 2. The zero-order chi connectivity index (χ0) is 21.1. The van der Waals surface area contributed by atoms with Crippen molar-refractivity contribution in [2.45, 2.75) is 23.6 Å². The van der Waals surface area contributed by atoms with Crippen molar-refractivity contribution in [2.75, 3.05) is 5.32 Å². The first kappa shape index (κ1) is 20.7. The molecule has 0 aliphatic heterocycles. The average Bonchev–Trinajstić information content (AvgIpc) is 2.68. The highest BCUT2D eigenvalue weighted by molar-refractivity contribution is 8.14. The normalized spacial score (nSPS) is 11.7. The number of sulfone groups is 2. The van der Waals surface area contributed by atoms with Crippen LogP contribution >= 0.6 is 0 Å². The summed E-state index contributed by atoms with van der Waals surface area (Å²) in [6, 6.07) is 16.4. The maximum Gasteiger partial charge on any atom is 0.219 e. The molecule has 2 aromatic carbocycles. The fourth-order valence-electron chi connectivity index (χ4n) is 2.65. The van der Waals surface area contributed by atoms with Crippen LogP contribution in [0.1, 0.15) is 11.5 Å². The highest BCUT2D eigenvalue weighted by Gasteiger charge is 2.33. The minimum absolute atomic E-state index is 0.123. The van der Waals surface area contributed by atoms with Gasteiger partial charge in [-0.05, 0) is 38.1 Å². The highest BCUT2D eigenvalue weighted by Crippen LogP contribution is 2.29. The van der Waals surface area contributed by atoms with E-state index < -0.39 is 23.9 Å². The number of rotatable bonds is 6. The minimum Gasteiger partial charge on any atom is -0.344 e. The molecule has 9 heteroatoms. The molecule has 0 unspecified atom stereocenters. The summed E-state index contributed by atoms with van der Waals surface area (Å²) in [7, 11) is -8.66. The monoisotopic (exact) mass is 429 g/mol. The first-order valence-electron chi connectivity index (χ1n) is 8.60. The Balaban J connectivity index is 2.16. The Morgan fingerprint density at radius 3 is 1.72 bits per heavy atom. The summed E-state index contributed by atoms with van der Waals surface area (Å²) in [4.78, 5) is 8.06. The molecule has 3 rings (SSSR count). The standard InChI is InChI=1S/C20H19N3O4S2/c1-15-13-19(23-16(2)22-15)21-14-20(28(24,25)17-9-5-3-6-10-17)29(26,27)18-11-7-4-8-12-18/h3-14H,1-2H3,(H,21,22,23). The molecule has 29 heavy (non-hydrogen) atoms. The fraction of sp³-hybridized carbons (Fsp3) is 0.100. The second-order valence-electron chi connectivity index (χ2n) is 6.18. The van der Waals surface area contributed by atoms with E-state index in [2.05, 4.69) is 15.3 Å². The molecule has 1 N–H and O–H groups in total. The second kappa shape index (κ2) is 8.14. The van der Waals surface area contributed by atoms with Gasteiger partial charge in [0.1, 0.15) is 11.6 Å². The molecular formula is C20H19N3O4S2. The maximum atomic E-state index is 13.2. The molecule has 0 bridgehead atoms. The Kier molecular flexibility index (Phi) is 5.81. The van der Waals surface area contributed by atoms with Crippen molar-refractivity contribution in [3.8, 4) is 0 Å². The van der Waals surface area contributed by atoms with Gasteiger partial charge in [-0.1, -0.05) is 36.4 Å². The molecule has 0 radical (unpaired) electrons. The van der Waals surface area contributed by atoms with Crippen molar-refractivity contribution in [1.29, 1.82) is 0 Å². The smallest absolute Gasteiger partial charge is 0.219 e. The van der Waals surface area contributed by atoms with Gasteiger partial charge in [0.2, 0.25) is 19.7 Å². The molecule has 0 spiro atoms. The molecule has 0 fully saturated rings. The summed E-state index contributed by atoms with van der Waals surface area (Å²) < 4.78 is 52.0. The van der Waals surface area contributed by atoms with Crippen LogP contribution in [0.25, 0.3) is 0 Å². The van der Waals surface area contributed by atoms with Crippen molar-refractivity contribution < 1.29 is 16.8 Å². The Hall–Kier alpha value is -3.04. The molecule has 0 aliphatic rings. The molecule has 1 heterocycles. The van der Waals surface area contributed by atoms with Crippen LogP contribution in [0.15, 0.2) is 87.0 Å². The molecule has 1 aromatic heterocycles. The van der Waals surface area contributed by atoms with Gasteiger partial charge in [0, 0.05) is 18.0 Å². The lowest BCUT2D eigenvalue weighted by Crippen LogP contribution is -2.17. The number of hydrogen-bond donors (Lipinski definition) is 1. The predicted molar refractivity (Wildman–Crippen MR) is 110 cm³/mol. The first-order valence-corrected chi connectivity index (χ1v) is 11.6. The van der Waals surface area contributed by atoms with E-state index in [4.69, 9.17) is 0 Å². The van der Waals surface area contributed by atoms with Crippen molar-refractivity contribution >= 4 is 25.5 Å². The van der Waals surface area contributed by atoms with Crippen molar-refractivity contribution in [1.82, 2.24) is 9.97 Å². The molecule has 0 aliphatic carbocycles. The van der Waals surface area contributed by atoms with Gasteiger partial charge >= 0.3 is 0 Å². The van der Waals surface area contributed by atoms with Crippen LogP contribution in [-0.4, -0.2) is 26.8 Å². The topological polar surface area (TPSA) is 106 Å². The average molecular weight is 430 g/mol. The van der Waals surface area contributed by atoms with Crippen LogP contribution in [0.2, 0.25) is 0 Å². The molecule has 0 amide bonds. The van der Waals surface area contributed by atoms with E-state index in [1.165, 1.54) is 48.5 Å². The van der Waals surface area contributed by atoms with Crippen LogP contribution in [-0.2, 0) is 19.7 Å². The van der Waals surface area contributed by atoms with Crippen molar-refractivity contribution in [2.24, 2.45) is 0 Å². The van der Waals surface area contributed by atoms with Crippen LogP contribution in [0.4, 0.5) is 5.82 Å². The highest BCUT2D eigenvalue weighted by atomic mass is 32.3. The number of anilines is 1. The summed E-state index contributed by atoms with van der Waals surface area (Å²) >= 11 is 0. The van der Waals surface area contributed by atoms with Gasteiger partial charge < -0.3 is 5.32 Å². The second-order valence-corrected chi connectivity index (χ2v) is 10.3. The summed E-state index contributed by atoms with van der Waals surface area (Å²) in [5.41, 5.74) is 0.659. The predicted octanol–water partition coefficient (Wildman–Crippen LogP) is 3.25. The van der Waals surface area contributed by atoms with Crippen LogP contribution in [0.5, 0.6) is 0 Å². The van der Waals surface area contributed by atoms with E-state index in [1.807, 2.05) is 0 Å². The van der Waals surface area contributed by atoms with Gasteiger partial charge in [-0.25, -0.2) is 26.8 Å². The molecule has 0 atom stereocenters. The maximum absolute atomic E-state index is 13.2. The number of aryl methyl sites for hydroxylation is 2. The molecule has 0 saturated heterocycles. The zero-order valence-electron chi connectivity index (χ0n) is 15.8. The van der Waals surface area contributed by atoms with Gasteiger partial charge in [0.05, 0.1) is 9.79 Å². The molecule has 7 nitrogen and oxygen atoms in total. The van der Waals surface area contributed by atoms with E-state index in [0.29, 0.717) is 17.3 Å². The Morgan fingerprint density at radius 2 is 1.28 bits per heavy atom. The third-order valence-electron chi connectivity index (χ3n) is 3.94. The number of aromatic nitrogens is 2. The summed E-state index contributed by atoms with van der Waals surface area (Å²) in [5.74, 6) is 0.762. The number of benzene rings is 2. The fourth-order valence-corrected chi connectivity index (χ4v) is 6.31. The van der Waals surface area contributed by atoms with Crippen LogP contribution < -0.4 is 5.32 Å². The largest absolute Gasteiger partial charge is 0.344 e. The number of hydrogen-bond acceptors (Lipinski definition) is 7. The van der Waals surface area contributed by atoms with E-state index >= 15 is 0 Å². The lowest BCUT2D eigenvalue weighted by atomic mass is 10.4. The van der Waals surface area contributed by atoms with Crippen molar-refractivity contribution in [3.05, 3.63) is 88.7 Å². The third kappa shape index (κ3) is 4.52. The van der Waals surface area contributed by atoms with Gasteiger partial charge in [0.15, 0.2) is 4.24 Å². The van der Waals surface area contributed by atoms with Crippen LogP contribution in [0, 0.1) is 13.8 Å². The van der Waals surface area contributed by atoms with Gasteiger partial charge in [0.25, 0.3) is 0 Å². The van der Waals surface area contributed by atoms with Gasteiger partial charge in [-0.3, -0.25) is 0 Å². The van der Waals surface area contributed by atoms with E-state index in [9.17, 15) is 16.8 Å². The molecule has 150 valence electrons. The Morgan fingerprint density at radius 1 is 0.793 bits per heavy atom. The molecule has 3 aromatic rings. The minimum atomic E-state index is -4.33. The van der Waals surface area contributed by atoms with E-state index in [1.54, 1.807) is 32.0 Å². The summed E-state index contributed by atoms with van der Waals surface area (Å²) in [6.45, 7) is 3.44. The SMILES string of the molecule is Cc1cc(NC=C(S(=O)(=O)c2ccccc2)S(=O)(=O)c2ccccc2)nc(C)n1. The Bertz CT molecular complexity index is 1160. The summed E-state index contributed by atoms with van der Waals surface area (Å²) in [6.07, 6.45) is 0.964. The first-order chi connectivity index (χ1) is 13.7. The van der Waals surface area contributed by atoms with E-state index in [-0.39, 0.29) is 9.79 Å².